The third-order valence-electron chi connectivity index (χ3n) is 5.00. The Balaban J connectivity index is 1.44. The van der Waals surface area contributed by atoms with E-state index in [1.807, 2.05) is 19.1 Å². The molecule has 0 radical (unpaired) electrons. The molecule has 154 valence electrons. The Morgan fingerprint density at radius 3 is 2.80 bits per heavy atom. The molecule has 4 rings (SSSR count). The number of amides is 1. The summed E-state index contributed by atoms with van der Waals surface area (Å²) in [5.41, 5.74) is 4.09. The van der Waals surface area contributed by atoms with Crippen LogP contribution in [0.2, 0.25) is 0 Å². The second-order valence-corrected chi connectivity index (χ2v) is 7.28. The summed E-state index contributed by atoms with van der Waals surface area (Å²) in [6, 6.07) is 14.0. The van der Waals surface area contributed by atoms with Crippen LogP contribution in [-0.4, -0.2) is 35.9 Å². The van der Waals surface area contributed by atoms with E-state index < -0.39 is 0 Å². The molecule has 1 unspecified atom stereocenters. The third-order valence-corrected chi connectivity index (χ3v) is 5.00. The van der Waals surface area contributed by atoms with Gasteiger partial charge in [0.2, 0.25) is 11.8 Å². The maximum atomic E-state index is 13.7. The van der Waals surface area contributed by atoms with Crippen LogP contribution in [0.25, 0.3) is 11.3 Å². The summed E-state index contributed by atoms with van der Waals surface area (Å²) in [6.45, 7) is 2.36. The second kappa shape index (κ2) is 8.49. The van der Waals surface area contributed by atoms with Crippen LogP contribution < -0.4 is 14.8 Å². The van der Waals surface area contributed by atoms with E-state index in [0.717, 1.165) is 22.4 Å². The van der Waals surface area contributed by atoms with Crippen LogP contribution in [0.1, 0.15) is 16.7 Å². The van der Waals surface area contributed by atoms with Crippen molar-refractivity contribution in [1.82, 2.24) is 15.5 Å². The number of aryl methyl sites for hydroxylation is 1. The first-order valence-corrected chi connectivity index (χ1v) is 9.72. The van der Waals surface area contributed by atoms with Gasteiger partial charge in [-0.05, 0) is 41.8 Å². The highest BCUT2D eigenvalue weighted by atomic mass is 19.1. The molecule has 1 aliphatic heterocycles. The smallest absolute Gasteiger partial charge is 0.233 e. The van der Waals surface area contributed by atoms with Gasteiger partial charge in [0, 0.05) is 18.1 Å². The molecular formula is C23H22FN3O3. The van der Waals surface area contributed by atoms with E-state index >= 15 is 0 Å². The number of aromatic nitrogens is 2. The summed E-state index contributed by atoms with van der Waals surface area (Å²) in [4.78, 5) is 12.2. The van der Waals surface area contributed by atoms with Gasteiger partial charge >= 0.3 is 0 Å². The van der Waals surface area contributed by atoms with E-state index in [4.69, 9.17) is 9.47 Å². The molecule has 2 heterocycles. The Labute approximate surface area is 174 Å². The maximum Gasteiger partial charge on any atom is 0.233 e. The Kier molecular flexibility index (Phi) is 5.61. The minimum Gasteiger partial charge on any atom is -0.487 e. The highest BCUT2D eigenvalue weighted by Crippen LogP contribution is 2.39. The Hall–Kier alpha value is -3.48. The lowest BCUT2D eigenvalue weighted by Crippen LogP contribution is -2.35. The predicted molar refractivity (Wildman–Crippen MR) is 110 cm³/mol. The number of hydrogen-bond donors (Lipinski definition) is 1. The topological polar surface area (TPSA) is 73.3 Å². The molecule has 1 aromatic heterocycles. The minimum atomic E-state index is -0.377. The molecule has 3 aromatic rings. The van der Waals surface area contributed by atoms with Crippen LogP contribution in [0.3, 0.4) is 0 Å². The van der Waals surface area contributed by atoms with Gasteiger partial charge in [-0.25, -0.2) is 4.39 Å². The standard InChI is InChI=1S/C23H22FN3O3/c1-14-9-16-11-17(13-25-21(28)12-15-5-3-4-6-19(15)24)30-23(16)18(10-14)20-7-8-22(29-2)27-26-20/h3-10,17H,11-13H2,1-2H3,(H,25,28). The van der Waals surface area contributed by atoms with E-state index in [1.54, 1.807) is 31.4 Å². The van der Waals surface area contributed by atoms with Gasteiger partial charge in [-0.1, -0.05) is 24.3 Å². The molecule has 30 heavy (non-hydrogen) atoms. The van der Waals surface area contributed by atoms with E-state index in [1.165, 1.54) is 6.07 Å². The van der Waals surface area contributed by atoms with Crippen molar-refractivity contribution in [3.63, 3.8) is 0 Å². The first-order chi connectivity index (χ1) is 14.5. The van der Waals surface area contributed by atoms with Gasteiger partial charge in [0.15, 0.2) is 0 Å². The summed E-state index contributed by atoms with van der Waals surface area (Å²) in [5, 5.41) is 11.1. The zero-order valence-corrected chi connectivity index (χ0v) is 16.8. The predicted octanol–water partition coefficient (Wildman–Crippen LogP) is 3.26. The van der Waals surface area contributed by atoms with Crippen molar-refractivity contribution in [3.8, 4) is 22.9 Å². The summed E-state index contributed by atoms with van der Waals surface area (Å²) in [6.07, 6.45) is 0.474. The normalized spacial score (nSPS) is 14.7. The monoisotopic (exact) mass is 407 g/mol. The third kappa shape index (κ3) is 4.25. The Morgan fingerprint density at radius 2 is 2.07 bits per heavy atom. The molecular weight excluding hydrogens is 385 g/mol. The SMILES string of the molecule is COc1ccc(-c2cc(C)cc3c2OC(CNC(=O)Cc2ccccc2F)C3)nn1. The van der Waals surface area contributed by atoms with Crippen molar-refractivity contribution in [1.29, 1.82) is 0 Å². The highest BCUT2D eigenvalue weighted by Gasteiger charge is 2.27. The first kappa shape index (κ1) is 19.8. The zero-order chi connectivity index (χ0) is 21.1. The van der Waals surface area contributed by atoms with Crippen molar-refractivity contribution in [2.75, 3.05) is 13.7 Å². The molecule has 0 spiro atoms. The number of hydrogen-bond acceptors (Lipinski definition) is 5. The Morgan fingerprint density at radius 1 is 1.23 bits per heavy atom. The highest BCUT2D eigenvalue weighted by molar-refractivity contribution is 5.78. The molecule has 1 N–H and O–H groups in total. The van der Waals surface area contributed by atoms with Gasteiger partial charge in [0.25, 0.3) is 0 Å². The van der Waals surface area contributed by atoms with E-state index in [9.17, 15) is 9.18 Å². The molecule has 1 aliphatic rings. The molecule has 1 amide bonds. The fourth-order valence-corrected chi connectivity index (χ4v) is 3.57. The largest absolute Gasteiger partial charge is 0.487 e. The Bertz CT molecular complexity index is 1070. The van der Waals surface area contributed by atoms with Crippen LogP contribution in [0.5, 0.6) is 11.6 Å². The van der Waals surface area contributed by atoms with Crippen LogP contribution in [0.4, 0.5) is 4.39 Å². The molecule has 0 fully saturated rings. The van der Waals surface area contributed by atoms with Crippen molar-refractivity contribution in [2.24, 2.45) is 0 Å². The molecule has 0 aliphatic carbocycles. The fourth-order valence-electron chi connectivity index (χ4n) is 3.57. The molecule has 0 bridgehead atoms. The van der Waals surface area contributed by atoms with Gasteiger partial charge in [0.05, 0.1) is 25.8 Å². The number of fused-ring (bicyclic) bond motifs is 1. The lowest BCUT2D eigenvalue weighted by molar-refractivity contribution is -0.120. The average molecular weight is 407 g/mol. The summed E-state index contributed by atoms with van der Waals surface area (Å²) >= 11 is 0. The van der Waals surface area contributed by atoms with Crippen molar-refractivity contribution in [2.45, 2.75) is 25.9 Å². The average Bonchev–Trinajstić information content (AvgIpc) is 3.16. The van der Waals surface area contributed by atoms with Crippen molar-refractivity contribution >= 4 is 5.91 Å². The van der Waals surface area contributed by atoms with Gasteiger partial charge in [0.1, 0.15) is 17.7 Å². The number of rotatable bonds is 6. The lowest BCUT2D eigenvalue weighted by Gasteiger charge is -2.14. The molecule has 1 atom stereocenters. The summed E-state index contributed by atoms with van der Waals surface area (Å²) in [5.74, 6) is 0.586. The lowest BCUT2D eigenvalue weighted by atomic mass is 10.0. The fraction of sp³-hybridized carbons (Fsp3) is 0.261. The van der Waals surface area contributed by atoms with Gasteiger partial charge in [-0.3, -0.25) is 4.79 Å². The molecule has 6 nitrogen and oxygen atoms in total. The first-order valence-electron chi connectivity index (χ1n) is 9.72. The molecule has 0 saturated heterocycles. The number of ether oxygens (including phenoxy) is 2. The number of nitrogens with one attached hydrogen (secondary N) is 1. The van der Waals surface area contributed by atoms with Crippen molar-refractivity contribution in [3.05, 3.63) is 71.0 Å². The van der Waals surface area contributed by atoms with E-state index in [0.29, 0.717) is 30.1 Å². The number of methoxy groups -OCH3 is 1. The van der Waals surface area contributed by atoms with Crippen LogP contribution in [-0.2, 0) is 17.6 Å². The minimum absolute atomic E-state index is 0.00185. The summed E-state index contributed by atoms with van der Waals surface area (Å²) in [7, 11) is 1.54. The van der Waals surface area contributed by atoms with Gasteiger partial charge in [-0.15, -0.1) is 10.2 Å². The molecule has 0 saturated carbocycles. The number of carbonyl (C=O) groups excluding carboxylic acids is 1. The van der Waals surface area contributed by atoms with Crippen molar-refractivity contribution < 1.29 is 18.7 Å². The van der Waals surface area contributed by atoms with E-state index in [2.05, 4.69) is 21.6 Å². The van der Waals surface area contributed by atoms with Crippen LogP contribution in [0, 0.1) is 12.7 Å². The second-order valence-electron chi connectivity index (χ2n) is 7.28. The van der Waals surface area contributed by atoms with Gasteiger partial charge < -0.3 is 14.8 Å². The number of benzene rings is 2. The zero-order valence-electron chi connectivity index (χ0n) is 16.8. The summed E-state index contributed by atoms with van der Waals surface area (Å²) < 4.78 is 25.0. The molecule has 2 aromatic carbocycles. The quantitative estimate of drug-likeness (QED) is 0.679. The number of nitrogens with zero attached hydrogens (tertiary/aromatic N) is 2. The van der Waals surface area contributed by atoms with E-state index in [-0.39, 0.29) is 24.2 Å². The van der Waals surface area contributed by atoms with Crippen LogP contribution >= 0.6 is 0 Å². The molecule has 7 heteroatoms. The number of halogens is 1. The van der Waals surface area contributed by atoms with Crippen LogP contribution in [0.15, 0.2) is 48.5 Å². The van der Waals surface area contributed by atoms with Gasteiger partial charge in [-0.2, -0.15) is 0 Å². The maximum absolute atomic E-state index is 13.7. The number of carbonyl (C=O) groups is 1.